The van der Waals surface area contributed by atoms with Crippen LogP contribution in [0.4, 0.5) is 0 Å². The summed E-state index contributed by atoms with van der Waals surface area (Å²) < 4.78 is 0. The van der Waals surface area contributed by atoms with Crippen LogP contribution < -0.4 is 5.73 Å². The van der Waals surface area contributed by atoms with Crippen molar-refractivity contribution < 1.29 is 0 Å². The summed E-state index contributed by atoms with van der Waals surface area (Å²) in [4.78, 5) is 4.75. The van der Waals surface area contributed by atoms with Crippen molar-refractivity contribution in [3.63, 3.8) is 0 Å². The van der Waals surface area contributed by atoms with Gasteiger partial charge < -0.3 is 15.5 Å². The minimum Gasteiger partial charge on any atom is -0.329 e. The third kappa shape index (κ3) is 5.24. The summed E-state index contributed by atoms with van der Waals surface area (Å²) >= 11 is 0. The van der Waals surface area contributed by atoms with Gasteiger partial charge in [-0.2, -0.15) is 0 Å². The normalized spacial score (nSPS) is 14.1. The highest BCUT2D eigenvalue weighted by atomic mass is 15.2. The highest BCUT2D eigenvalue weighted by Crippen LogP contribution is 1.94. The molecule has 0 bridgehead atoms. The summed E-state index contributed by atoms with van der Waals surface area (Å²) in [6, 6.07) is 0.496. The lowest BCUT2D eigenvalue weighted by atomic mass is 10.3. The smallest absolute Gasteiger partial charge is 0.0187 e. The lowest BCUT2D eigenvalue weighted by Gasteiger charge is -2.26. The minimum atomic E-state index is 0.496. The van der Waals surface area contributed by atoms with Gasteiger partial charge in [0.25, 0.3) is 0 Å². The van der Waals surface area contributed by atoms with Gasteiger partial charge in [0.1, 0.15) is 0 Å². The zero-order valence-corrected chi connectivity index (χ0v) is 9.58. The second-order valence-electron chi connectivity index (χ2n) is 3.59. The Morgan fingerprint density at radius 2 is 1.69 bits per heavy atom. The maximum absolute atomic E-state index is 5.59. The van der Waals surface area contributed by atoms with Crippen LogP contribution in [-0.2, 0) is 0 Å². The zero-order chi connectivity index (χ0) is 10.3. The summed E-state index contributed by atoms with van der Waals surface area (Å²) in [6.07, 6.45) is 0. The average molecular weight is 187 g/mol. The number of rotatable bonds is 7. The summed E-state index contributed by atoms with van der Waals surface area (Å²) in [6.45, 7) is 11.9. The highest BCUT2D eigenvalue weighted by molar-refractivity contribution is 4.65. The van der Waals surface area contributed by atoms with Crippen LogP contribution in [0.2, 0.25) is 0 Å². The molecule has 0 heterocycles. The third-order valence-corrected chi connectivity index (χ3v) is 2.76. The summed E-state index contributed by atoms with van der Waals surface area (Å²) in [7, 11) is 2.14. The number of hydrogen-bond donors (Lipinski definition) is 1. The SMILES string of the molecule is CCN(CC)CCN(C)C(C)CN. The van der Waals surface area contributed by atoms with Crippen molar-refractivity contribution in [2.24, 2.45) is 5.73 Å². The minimum absolute atomic E-state index is 0.496. The van der Waals surface area contributed by atoms with Gasteiger partial charge in [0, 0.05) is 25.7 Å². The van der Waals surface area contributed by atoms with E-state index < -0.39 is 0 Å². The lowest BCUT2D eigenvalue weighted by Crippen LogP contribution is -2.40. The van der Waals surface area contributed by atoms with Gasteiger partial charge >= 0.3 is 0 Å². The largest absolute Gasteiger partial charge is 0.329 e. The van der Waals surface area contributed by atoms with Crippen molar-refractivity contribution in [1.82, 2.24) is 9.80 Å². The Kier molecular flexibility index (Phi) is 7.23. The maximum Gasteiger partial charge on any atom is 0.0187 e. The van der Waals surface area contributed by atoms with Gasteiger partial charge in [-0.1, -0.05) is 13.8 Å². The second-order valence-corrected chi connectivity index (χ2v) is 3.59. The van der Waals surface area contributed by atoms with Crippen LogP contribution in [0, 0.1) is 0 Å². The van der Waals surface area contributed by atoms with Crippen LogP contribution in [-0.4, -0.2) is 55.6 Å². The molecule has 0 amide bonds. The van der Waals surface area contributed by atoms with Gasteiger partial charge in [-0.15, -0.1) is 0 Å². The Morgan fingerprint density at radius 3 is 2.08 bits per heavy atom. The first-order chi connectivity index (χ1) is 6.15. The second kappa shape index (κ2) is 7.30. The van der Waals surface area contributed by atoms with E-state index in [1.54, 1.807) is 0 Å². The molecule has 0 aliphatic heterocycles. The predicted octanol–water partition coefficient (Wildman–Crippen LogP) is 0.607. The Morgan fingerprint density at radius 1 is 1.15 bits per heavy atom. The Balaban J connectivity index is 3.61. The van der Waals surface area contributed by atoms with E-state index in [9.17, 15) is 0 Å². The summed E-state index contributed by atoms with van der Waals surface area (Å²) in [5.41, 5.74) is 5.59. The molecule has 0 aliphatic carbocycles. The molecule has 0 aliphatic rings. The number of nitrogens with two attached hydrogens (primary N) is 1. The summed E-state index contributed by atoms with van der Waals surface area (Å²) in [5, 5.41) is 0. The van der Waals surface area contributed by atoms with Crippen molar-refractivity contribution in [1.29, 1.82) is 0 Å². The van der Waals surface area contributed by atoms with Crippen LogP contribution in [0.15, 0.2) is 0 Å². The quantitative estimate of drug-likeness (QED) is 0.634. The van der Waals surface area contributed by atoms with Crippen molar-refractivity contribution in [3.05, 3.63) is 0 Å². The van der Waals surface area contributed by atoms with E-state index in [0.29, 0.717) is 6.04 Å². The standard InChI is InChI=1S/C10H25N3/c1-5-13(6-2)8-7-12(4)10(3)9-11/h10H,5-9,11H2,1-4H3. The van der Waals surface area contributed by atoms with Crippen LogP contribution in [0.25, 0.3) is 0 Å². The summed E-state index contributed by atoms with van der Waals surface area (Å²) in [5.74, 6) is 0. The van der Waals surface area contributed by atoms with Crippen molar-refractivity contribution in [2.45, 2.75) is 26.8 Å². The van der Waals surface area contributed by atoms with Crippen LogP contribution in [0.5, 0.6) is 0 Å². The fraction of sp³-hybridized carbons (Fsp3) is 1.00. The van der Waals surface area contributed by atoms with E-state index in [-0.39, 0.29) is 0 Å². The molecule has 13 heavy (non-hydrogen) atoms. The van der Waals surface area contributed by atoms with Gasteiger partial charge in [-0.05, 0) is 27.1 Å². The first-order valence-electron chi connectivity index (χ1n) is 5.28. The van der Waals surface area contributed by atoms with Crippen LogP contribution in [0.1, 0.15) is 20.8 Å². The molecule has 0 spiro atoms. The van der Waals surface area contributed by atoms with E-state index >= 15 is 0 Å². The molecule has 80 valence electrons. The van der Waals surface area contributed by atoms with E-state index in [4.69, 9.17) is 5.73 Å². The first-order valence-corrected chi connectivity index (χ1v) is 5.28. The third-order valence-electron chi connectivity index (χ3n) is 2.76. The molecule has 1 atom stereocenters. The van der Waals surface area contributed by atoms with Gasteiger partial charge in [-0.25, -0.2) is 0 Å². The van der Waals surface area contributed by atoms with Crippen molar-refractivity contribution >= 4 is 0 Å². The van der Waals surface area contributed by atoms with Gasteiger partial charge in [-0.3, -0.25) is 0 Å². The average Bonchev–Trinajstić information content (AvgIpc) is 2.17. The lowest BCUT2D eigenvalue weighted by molar-refractivity contribution is 0.208. The zero-order valence-electron chi connectivity index (χ0n) is 9.58. The van der Waals surface area contributed by atoms with Crippen LogP contribution in [0.3, 0.4) is 0 Å². The number of nitrogens with zero attached hydrogens (tertiary/aromatic N) is 2. The van der Waals surface area contributed by atoms with E-state index in [1.165, 1.54) is 0 Å². The Bertz CT molecular complexity index is 113. The highest BCUT2D eigenvalue weighted by Gasteiger charge is 2.07. The molecular weight excluding hydrogens is 162 g/mol. The molecule has 0 rings (SSSR count). The Hall–Kier alpha value is -0.120. The molecule has 0 saturated heterocycles. The molecule has 0 radical (unpaired) electrons. The molecule has 0 aromatic carbocycles. The van der Waals surface area contributed by atoms with Gasteiger partial charge in [0.15, 0.2) is 0 Å². The molecule has 0 aromatic rings. The fourth-order valence-corrected chi connectivity index (χ4v) is 1.24. The molecule has 0 fully saturated rings. The first kappa shape index (κ1) is 12.9. The van der Waals surface area contributed by atoms with E-state index in [2.05, 4.69) is 37.6 Å². The molecule has 3 nitrogen and oxygen atoms in total. The van der Waals surface area contributed by atoms with Gasteiger partial charge in [0.05, 0.1) is 0 Å². The number of likely N-dealkylation sites (N-methyl/N-ethyl adjacent to an activating group) is 2. The monoisotopic (exact) mass is 187 g/mol. The Labute approximate surface area is 82.9 Å². The van der Waals surface area contributed by atoms with Crippen molar-refractivity contribution in [3.8, 4) is 0 Å². The molecule has 1 unspecified atom stereocenters. The molecule has 0 saturated carbocycles. The maximum atomic E-state index is 5.59. The van der Waals surface area contributed by atoms with E-state index in [1.807, 2.05) is 0 Å². The fourth-order valence-electron chi connectivity index (χ4n) is 1.24. The molecule has 0 aromatic heterocycles. The van der Waals surface area contributed by atoms with Gasteiger partial charge in [0.2, 0.25) is 0 Å². The molecule has 3 heteroatoms. The van der Waals surface area contributed by atoms with Crippen molar-refractivity contribution in [2.75, 3.05) is 39.8 Å². The predicted molar refractivity (Wildman–Crippen MR) is 58.9 cm³/mol. The molecular formula is C10H25N3. The topological polar surface area (TPSA) is 32.5 Å². The van der Waals surface area contributed by atoms with E-state index in [0.717, 1.165) is 32.7 Å². The number of hydrogen-bond acceptors (Lipinski definition) is 3. The van der Waals surface area contributed by atoms with Crippen LogP contribution >= 0.6 is 0 Å². The molecule has 2 N–H and O–H groups in total.